The first kappa shape index (κ1) is 18.3. The number of nitrogens with one attached hydrogen (secondary N) is 1. The van der Waals surface area contributed by atoms with Crippen molar-refractivity contribution in [3.63, 3.8) is 0 Å². The molecule has 2 rings (SSSR count). The van der Waals surface area contributed by atoms with Gasteiger partial charge in [-0.25, -0.2) is 4.79 Å². The number of rotatable bonds is 5. The van der Waals surface area contributed by atoms with Gasteiger partial charge in [0.15, 0.2) is 0 Å². The largest absolute Gasteiger partial charge is 0.450 e. The van der Waals surface area contributed by atoms with Gasteiger partial charge in [-0.3, -0.25) is 5.32 Å². The third kappa shape index (κ3) is 4.72. The second-order valence-electron chi connectivity index (χ2n) is 4.82. The number of hydrogen-bond donors (Lipinski definition) is 1. The number of aryl methyl sites for hydroxylation is 1. The molecule has 0 heterocycles. The highest BCUT2D eigenvalue weighted by Gasteiger charge is 2.18. The van der Waals surface area contributed by atoms with E-state index in [2.05, 4.69) is 21.2 Å². The molecule has 0 unspecified atom stereocenters. The van der Waals surface area contributed by atoms with E-state index in [-0.39, 0.29) is 17.3 Å². The molecule has 0 atom stereocenters. The predicted octanol–water partition coefficient (Wildman–Crippen LogP) is 4.09. The number of benzene rings is 2. The normalized spacial score (nSPS) is 11.0. The number of ether oxygens (including phenoxy) is 1. The predicted molar refractivity (Wildman–Crippen MR) is 93.8 cm³/mol. The van der Waals surface area contributed by atoms with Crippen molar-refractivity contribution in [2.75, 3.05) is 11.9 Å². The van der Waals surface area contributed by atoms with Gasteiger partial charge in [0.05, 0.1) is 6.61 Å². The molecule has 0 fully saturated rings. The summed E-state index contributed by atoms with van der Waals surface area (Å²) >= 11 is 3.32. The van der Waals surface area contributed by atoms with Gasteiger partial charge in [-0.15, -0.1) is 0 Å². The lowest BCUT2D eigenvalue weighted by Crippen LogP contribution is -2.14. The molecule has 0 aliphatic heterocycles. The van der Waals surface area contributed by atoms with E-state index >= 15 is 0 Å². The van der Waals surface area contributed by atoms with E-state index in [1.807, 2.05) is 0 Å². The zero-order valence-electron chi connectivity index (χ0n) is 13.1. The van der Waals surface area contributed by atoms with Crippen LogP contribution in [0.3, 0.4) is 0 Å². The molecule has 6 nitrogen and oxygen atoms in total. The molecule has 24 heavy (non-hydrogen) atoms. The molecule has 1 amide bonds. The van der Waals surface area contributed by atoms with Gasteiger partial charge in [0.2, 0.25) is 0 Å². The third-order valence-corrected chi connectivity index (χ3v) is 5.11. The third-order valence-electron chi connectivity index (χ3n) is 2.98. The van der Waals surface area contributed by atoms with Crippen LogP contribution in [0.15, 0.2) is 51.8 Å². The Morgan fingerprint density at radius 1 is 1.21 bits per heavy atom. The lowest BCUT2D eigenvalue weighted by Gasteiger charge is -2.10. The first-order valence-corrected chi connectivity index (χ1v) is 9.26. The van der Waals surface area contributed by atoms with Crippen LogP contribution in [0.5, 0.6) is 5.75 Å². The maximum Gasteiger partial charge on any atom is 0.411 e. The molecule has 8 heteroatoms. The zero-order valence-corrected chi connectivity index (χ0v) is 15.5. The zero-order chi connectivity index (χ0) is 17.7. The van der Waals surface area contributed by atoms with Crippen LogP contribution in [-0.2, 0) is 14.9 Å². The SMILES string of the molecule is CCOC(=O)Nc1cccc(OS(=O)(=O)c2ccc(Br)c(C)c2)c1. The average molecular weight is 414 g/mol. The molecule has 128 valence electrons. The summed E-state index contributed by atoms with van der Waals surface area (Å²) in [6.45, 7) is 3.71. The molecule has 0 spiro atoms. The molecule has 0 aliphatic carbocycles. The van der Waals surface area contributed by atoms with Gasteiger partial charge < -0.3 is 8.92 Å². The van der Waals surface area contributed by atoms with E-state index in [0.717, 1.165) is 10.0 Å². The summed E-state index contributed by atoms with van der Waals surface area (Å²) in [6.07, 6.45) is -0.624. The van der Waals surface area contributed by atoms with Crippen molar-refractivity contribution in [2.24, 2.45) is 0 Å². The van der Waals surface area contributed by atoms with Crippen LogP contribution in [0.2, 0.25) is 0 Å². The first-order valence-electron chi connectivity index (χ1n) is 7.06. The van der Waals surface area contributed by atoms with Gasteiger partial charge >= 0.3 is 16.2 Å². The molecular weight excluding hydrogens is 398 g/mol. The standard InChI is InChI=1S/C16H16BrNO5S/c1-3-22-16(19)18-12-5-4-6-13(10-12)23-24(20,21)14-7-8-15(17)11(2)9-14/h4-10H,3H2,1-2H3,(H,18,19). The number of anilines is 1. The molecule has 0 saturated heterocycles. The minimum Gasteiger partial charge on any atom is -0.450 e. The van der Waals surface area contributed by atoms with E-state index in [0.29, 0.717) is 5.69 Å². The fraction of sp³-hybridized carbons (Fsp3) is 0.188. The minimum absolute atomic E-state index is 0.0481. The topological polar surface area (TPSA) is 81.7 Å². The number of amides is 1. The van der Waals surface area contributed by atoms with Crippen molar-refractivity contribution in [3.8, 4) is 5.75 Å². The van der Waals surface area contributed by atoms with Crippen LogP contribution in [0, 0.1) is 6.92 Å². The highest BCUT2D eigenvalue weighted by Crippen LogP contribution is 2.25. The summed E-state index contributed by atoms with van der Waals surface area (Å²) in [4.78, 5) is 11.5. The van der Waals surface area contributed by atoms with E-state index in [1.165, 1.54) is 24.3 Å². The Morgan fingerprint density at radius 3 is 2.62 bits per heavy atom. The summed E-state index contributed by atoms with van der Waals surface area (Å²) in [5.74, 6) is 0.0878. The van der Waals surface area contributed by atoms with Gasteiger partial charge in [0, 0.05) is 16.2 Å². The van der Waals surface area contributed by atoms with Crippen molar-refractivity contribution in [1.82, 2.24) is 0 Å². The van der Waals surface area contributed by atoms with Crippen LogP contribution < -0.4 is 9.50 Å². The summed E-state index contributed by atoms with van der Waals surface area (Å²) < 4.78 is 35.4. The van der Waals surface area contributed by atoms with Crippen LogP contribution >= 0.6 is 15.9 Å². The minimum atomic E-state index is -3.97. The Balaban J connectivity index is 2.20. The Morgan fingerprint density at radius 2 is 1.96 bits per heavy atom. The monoisotopic (exact) mass is 413 g/mol. The summed E-state index contributed by atoms with van der Waals surface area (Å²) in [6, 6.07) is 10.7. The highest BCUT2D eigenvalue weighted by molar-refractivity contribution is 9.10. The molecule has 0 aromatic heterocycles. The van der Waals surface area contributed by atoms with E-state index in [1.54, 1.807) is 32.0 Å². The lowest BCUT2D eigenvalue weighted by molar-refractivity contribution is 0.168. The van der Waals surface area contributed by atoms with Crippen molar-refractivity contribution in [3.05, 3.63) is 52.5 Å². The molecule has 2 aromatic carbocycles. The molecule has 2 aromatic rings. The summed E-state index contributed by atoms with van der Waals surface area (Å²) in [5.41, 5.74) is 1.14. The quantitative estimate of drug-likeness (QED) is 0.746. The van der Waals surface area contributed by atoms with Crippen molar-refractivity contribution in [2.45, 2.75) is 18.7 Å². The van der Waals surface area contributed by atoms with Gasteiger partial charge in [-0.05, 0) is 49.7 Å². The van der Waals surface area contributed by atoms with E-state index in [9.17, 15) is 13.2 Å². The molecule has 0 radical (unpaired) electrons. The second kappa shape index (κ2) is 7.67. The number of hydrogen-bond acceptors (Lipinski definition) is 5. The Kier molecular flexibility index (Phi) is 5.84. The fourth-order valence-corrected chi connectivity index (χ4v) is 3.11. The van der Waals surface area contributed by atoms with Crippen LogP contribution in [-0.4, -0.2) is 21.1 Å². The van der Waals surface area contributed by atoms with Crippen LogP contribution in [0.25, 0.3) is 0 Å². The first-order chi connectivity index (χ1) is 11.3. The average Bonchev–Trinajstić information content (AvgIpc) is 2.50. The molecule has 0 bridgehead atoms. The maximum atomic E-state index is 12.4. The summed E-state index contributed by atoms with van der Waals surface area (Å²) in [7, 11) is -3.97. The molecule has 0 aliphatic rings. The van der Waals surface area contributed by atoms with Gasteiger partial charge in [-0.2, -0.15) is 8.42 Å². The smallest absolute Gasteiger partial charge is 0.411 e. The molecule has 1 N–H and O–H groups in total. The number of carbonyl (C=O) groups is 1. The van der Waals surface area contributed by atoms with E-state index in [4.69, 9.17) is 8.92 Å². The van der Waals surface area contributed by atoms with Gasteiger partial charge in [0.1, 0.15) is 10.6 Å². The molecule has 0 saturated carbocycles. The molecular formula is C16H16BrNO5S. The second-order valence-corrected chi connectivity index (χ2v) is 7.22. The Hall–Kier alpha value is -2.06. The van der Waals surface area contributed by atoms with Gasteiger partial charge in [0.25, 0.3) is 0 Å². The fourth-order valence-electron chi connectivity index (χ4n) is 1.86. The summed E-state index contributed by atoms with van der Waals surface area (Å²) in [5, 5.41) is 2.48. The van der Waals surface area contributed by atoms with Crippen molar-refractivity contribution in [1.29, 1.82) is 0 Å². The lowest BCUT2D eigenvalue weighted by atomic mass is 10.2. The van der Waals surface area contributed by atoms with Gasteiger partial charge in [-0.1, -0.05) is 22.0 Å². The maximum absolute atomic E-state index is 12.4. The number of halogens is 1. The highest BCUT2D eigenvalue weighted by atomic mass is 79.9. The Labute approximate surface area is 149 Å². The van der Waals surface area contributed by atoms with E-state index < -0.39 is 16.2 Å². The van der Waals surface area contributed by atoms with Crippen molar-refractivity contribution >= 4 is 37.8 Å². The van der Waals surface area contributed by atoms with Crippen LogP contribution in [0.1, 0.15) is 12.5 Å². The Bertz CT molecular complexity index is 851. The van der Waals surface area contributed by atoms with Crippen LogP contribution in [0.4, 0.5) is 10.5 Å². The number of carbonyl (C=O) groups excluding carboxylic acids is 1. The van der Waals surface area contributed by atoms with Crippen molar-refractivity contribution < 1.29 is 22.1 Å².